The van der Waals surface area contributed by atoms with Crippen LogP contribution in [-0.2, 0) is 110 Å². The fraction of sp³-hybridized carbons (Fsp3) is 0.424. The third-order valence-electron chi connectivity index (χ3n) is 21.9. The number of para-hydroxylation sites is 1. The lowest BCUT2D eigenvalue weighted by Gasteiger charge is -2.37. The SMILES string of the molecule is CCCC[C@H]1C(=O)N(C)CC(=O)N[C@@H](CN)C(=O)N[C@@H](C(C)C)C(=O)N(C)[C@@H](Cc2ccccc2)C(=O)N[C@@H](Cc2ccc(O)cc2)C(=O)N(C)CC(=O)N[C@@H](Cc2c[nH]c3ccccc23)C(=O)N[C@@H](Cc2ccc(O)cc2)C(=O)N[C@@H](CC(C)C)C(=O)N[C@H](C(=O)NCC(N)=O)CSCC(=O)N[C@@H](Cc2ccccc2)C(=O)N(C)[C@@H](Cc2ccccc2)C(=O)N1C. The van der Waals surface area contributed by atoms with Crippen molar-refractivity contribution in [3.63, 3.8) is 0 Å². The fourth-order valence-corrected chi connectivity index (χ4v) is 15.7. The van der Waals surface area contributed by atoms with Gasteiger partial charge in [0.25, 0.3) is 0 Å². The summed E-state index contributed by atoms with van der Waals surface area (Å²) in [5, 5.41) is 45.7. The van der Waals surface area contributed by atoms with Crippen LogP contribution in [0.25, 0.3) is 10.9 Å². The summed E-state index contributed by atoms with van der Waals surface area (Å²) in [6.45, 7) is 6.04. The Bertz CT molecular complexity index is 4950. The number of amides is 15. The highest BCUT2D eigenvalue weighted by molar-refractivity contribution is 8.00. The molecule has 0 unspecified atom stereocenters. The van der Waals surface area contributed by atoms with Gasteiger partial charge in [0.2, 0.25) is 88.6 Å². The van der Waals surface area contributed by atoms with E-state index in [9.17, 15) is 48.6 Å². The van der Waals surface area contributed by atoms with Crippen molar-refractivity contribution >= 4 is 111 Å². The van der Waals surface area contributed by atoms with Gasteiger partial charge in [-0.15, -0.1) is 11.8 Å². The van der Waals surface area contributed by atoms with Crippen LogP contribution < -0.4 is 59.3 Å². The Morgan fingerprint density at radius 1 is 0.457 bits per heavy atom. The zero-order chi connectivity index (χ0) is 92.7. The quantitative estimate of drug-likeness (QED) is 0.0460. The standard InChI is InChI=1S/C92H119N17O17S/c1-11-12-32-74-90(124)106(7)52-79(114)99-72(48-93)86(120)104-81(56(4)5)92(126)108(9)75(45-58-26-18-14-19-27-58)87(121)102-70(44-61-35-39-64(111)40-36-61)88(122)105(6)51-78(113)97-69(47-62-49-95-66-31-23-22-30-65(62)66)85(119)101-68(42-60-33-37-63(110)38-34-60)84(118)100-67(41-55(2)3)83(117)103-73(82(116)96-50-77(94)112)53-127-54-80(115)98-71(43-57-24-16-13-17-25-57)89(123)109(10)76(91(125)107(74)8)46-59-28-20-15-21-29-59/h13-31,33-40,49,55-56,67-76,81,95,110-111H,11-12,32,41-48,50-54,93H2,1-10H3,(H2,94,112)(H,96,116)(H,97,113)(H,98,115)(H,99,114)(H,100,118)(H,101,119)(H,102,121)(H,103,117)(H,104,120)/t67-,68-,69-,70-,71-,72-,73-,74-,75-,76-,81-/m0/s1. The number of benzene rings is 6. The van der Waals surface area contributed by atoms with E-state index in [1.807, 2.05) is 6.92 Å². The zero-order valence-electron chi connectivity index (χ0n) is 73.3. The Morgan fingerprint density at radius 3 is 1.43 bits per heavy atom. The Balaban J connectivity index is 1.20. The van der Waals surface area contributed by atoms with E-state index in [2.05, 4.69) is 52.8 Å². The average molecular weight is 1770 g/mol. The van der Waals surface area contributed by atoms with E-state index in [0.29, 0.717) is 57.1 Å². The number of hydrogen-bond acceptors (Lipinski definition) is 19. The molecule has 0 aliphatic carbocycles. The average Bonchev–Trinajstić information content (AvgIpc) is 0.834. The first-order valence-corrected chi connectivity index (χ1v) is 43.4. The van der Waals surface area contributed by atoms with E-state index in [-0.39, 0.29) is 74.5 Å². The van der Waals surface area contributed by atoms with Gasteiger partial charge in [-0.05, 0) is 88.4 Å². The highest BCUT2D eigenvalue weighted by atomic mass is 32.2. The van der Waals surface area contributed by atoms with Crippen LogP contribution in [0, 0.1) is 11.8 Å². The molecule has 1 fully saturated rings. The Kier molecular flexibility index (Phi) is 37.8. The number of aromatic amines is 1. The number of phenols is 2. The molecule has 1 aliphatic rings. The number of nitrogens with two attached hydrogens (primary N) is 2. The van der Waals surface area contributed by atoms with Gasteiger partial charge < -0.3 is 99.0 Å². The van der Waals surface area contributed by atoms with Crippen LogP contribution >= 0.6 is 11.8 Å². The van der Waals surface area contributed by atoms with Gasteiger partial charge in [-0.25, -0.2) is 0 Å². The molecule has 6 aromatic carbocycles. The van der Waals surface area contributed by atoms with Gasteiger partial charge in [-0.2, -0.15) is 0 Å². The molecule has 1 saturated heterocycles. The van der Waals surface area contributed by atoms with Crippen LogP contribution in [0.1, 0.15) is 93.7 Å². The highest BCUT2D eigenvalue weighted by Gasteiger charge is 2.42. The lowest BCUT2D eigenvalue weighted by atomic mass is 9.98. The minimum Gasteiger partial charge on any atom is -0.508 e. The number of H-pyrrole nitrogens is 1. The van der Waals surface area contributed by atoms with Gasteiger partial charge in [0.1, 0.15) is 78.0 Å². The van der Waals surface area contributed by atoms with Gasteiger partial charge in [0.15, 0.2) is 0 Å². The molecule has 0 spiro atoms. The number of carbonyl (C=O) groups is 15. The van der Waals surface area contributed by atoms with Gasteiger partial charge in [0, 0.05) is 103 Å². The molecule has 1 aliphatic heterocycles. The second kappa shape index (κ2) is 48.3. The van der Waals surface area contributed by atoms with E-state index >= 15 is 33.6 Å². The summed E-state index contributed by atoms with van der Waals surface area (Å²) in [6.07, 6.45) is 1.50. The van der Waals surface area contributed by atoms with Crippen molar-refractivity contribution in [2.24, 2.45) is 23.3 Å². The molecule has 35 heteroatoms. The van der Waals surface area contributed by atoms with Crippen molar-refractivity contribution in [2.75, 3.05) is 72.9 Å². The number of nitrogens with one attached hydrogen (secondary N) is 10. The second-order valence-corrected chi connectivity index (χ2v) is 33.7. The topological polar surface area (TPSA) is 489 Å². The largest absolute Gasteiger partial charge is 0.508 e. The second-order valence-electron chi connectivity index (χ2n) is 32.7. The summed E-state index contributed by atoms with van der Waals surface area (Å²) in [6, 6.07) is 28.7. The number of hydrogen-bond donors (Lipinski definition) is 14. The normalized spacial score (nSPS) is 22.1. The van der Waals surface area contributed by atoms with E-state index in [1.54, 1.807) is 149 Å². The molecule has 16 N–H and O–H groups in total. The van der Waals surface area contributed by atoms with Crippen LogP contribution in [0.5, 0.6) is 11.5 Å². The molecular formula is C92H119N17O17S. The number of aromatic nitrogens is 1. The predicted octanol–water partition coefficient (Wildman–Crippen LogP) is 1.81. The molecule has 8 rings (SSSR count). The van der Waals surface area contributed by atoms with E-state index < -0.39 is 193 Å². The van der Waals surface area contributed by atoms with Gasteiger partial charge >= 0.3 is 0 Å². The molecular weight excluding hydrogens is 1650 g/mol. The number of primary amides is 1. The number of unbranched alkanes of at least 4 members (excludes halogenated alkanes) is 1. The zero-order valence-corrected chi connectivity index (χ0v) is 74.1. The molecule has 2 heterocycles. The van der Waals surface area contributed by atoms with Gasteiger partial charge in [0.05, 0.1) is 25.4 Å². The van der Waals surface area contributed by atoms with Crippen molar-refractivity contribution in [3.8, 4) is 11.5 Å². The smallest absolute Gasteiger partial charge is 0.246 e. The number of nitrogens with zero attached hydrogens (tertiary/aromatic N) is 5. The summed E-state index contributed by atoms with van der Waals surface area (Å²) in [7, 11) is 6.77. The number of phenolic OH excluding ortho intramolecular Hbond substituents is 2. The van der Waals surface area contributed by atoms with E-state index in [1.165, 1.54) is 93.6 Å². The van der Waals surface area contributed by atoms with Crippen molar-refractivity contribution in [3.05, 3.63) is 203 Å². The third kappa shape index (κ3) is 29.7. The summed E-state index contributed by atoms with van der Waals surface area (Å²) < 4.78 is 0. The number of fused-ring (bicyclic) bond motifs is 1. The summed E-state index contributed by atoms with van der Waals surface area (Å²) >= 11 is 0.846. The number of likely N-dealkylation sites (N-methyl/N-ethyl adjacent to an activating group) is 5. The van der Waals surface area contributed by atoms with Crippen molar-refractivity contribution in [2.45, 2.75) is 165 Å². The Morgan fingerprint density at radius 2 is 0.898 bits per heavy atom. The maximum absolute atomic E-state index is 15.5. The lowest BCUT2D eigenvalue weighted by Crippen LogP contribution is -2.61. The van der Waals surface area contributed by atoms with Gasteiger partial charge in [-0.3, -0.25) is 71.9 Å². The molecule has 7 aromatic rings. The predicted molar refractivity (Wildman–Crippen MR) is 479 cm³/mol. The molecule has 0 saturated carbocycles. The molecule has 0 radical (unpaired) electrons. The van der Waals surface area contributed by atoms with Gasteiger partial charge in [-0.1, -0.05) is 181 Å². The summed E-state index contributed by atoms with van der Waals surface area (Å²) in [5.41, 5.74) is 15.5. The first-order valence-electron chi connectivity index (χ1n) is 42.3. The third-order valence-corrected chi connectivity index (χ3v) is 23.0. The van der Waals surface area contributed by atoms with Crippen molar-refractivity contribution in [1.29, 1.82) is 0 Å². The molecule has 11 atom stereocenters. The number of aromatic hydroxyl groups is 2. The summed E-state index contributed by atoms with van der Waals surface area (Å²) in [4.78, 5) is 231. The fourth-order valence-electron chi connectivity index (χ4n) is 14.8. The van der Waals surface area contributed by atoms with Crippen LogP contribution in [0.4, 0.5) is 0 Å². The molecule has 127 heavy (non-hydrogen) atoms. The highest BCUT2D eigenvalue weighted by Crippen LogP contribution is 2.24. The van der Waals surface area contributed by atoms with Crippen LogP contribution in [0.15, 0.2) is 170 Å². The number of rotatable bonds is 22. The number of carbonyl (C=O) groups excluding carboxylic acids is 15. The maximum atomic E-state index is 15.5. The Labute approximate surface area is 743 Å². The molecule has 34 nitrogen and oxygen atoms in total. The maximum Gasteiger partial charge on any atom is 0.246 e. The first-order chi connectivity index (χ1) is 60.5. The van der Waals surface area contributed by atoms with E-state index in [0.717, 1.165) is 26.5 Å². The van der Waals surface area contributed by atoms with Crippen LogP contribution in [-0.4, -0.2) is 268 Å². The monoisotopic (exact) mass is 1770 g/mol. The number of thioether (sulfide) groups is 1. The minimum atomic E-state index is -1.58. The molecule has 15 amide bonds. The van der Waals surface area contributed by atoms with Crippen LogP contribution in [0.3, 0.4) is 0 Å². The van der Waals surface area contributed by atoms with Crippen molar-refractivity contribution < 1.29 is 82.1 Å². The summed E-state index contributed by atoms with van der Waals surface area (Å²) in [5.74, 6) is -14.8. The Hall–Kier alpha value is -13.2. The van der Waals surface area contributed by atoms with Crippen LogP contribution in [0.2, 0.25) is 0 Å². The molecule has 680 valence electrons. The molecule has 0 bridgehead atoms. The van der Waals surface area contributed by atoms with E-state index in [4.69, 9.17) is 11.5 Å². The van der Waals surface area contributed by atoms with Crippen molar-refractivity contribution in [1.82, 2.24) is 77.3 Å². The molecule has 1 aromatic heterocycles. The minimum absolute atomic E-state index is 0.0805. The first kappa shape index (κ1) is 99.2. The lowest BCUT2D eigenvalue weighted by molar-refractivity contribution is -0.151.